The lowest BCUT2D eigenvalue weighted by molar-refractivity contribution is 0.354. The van der Waals surface area contributed by atoms with Gasteiger partial charge in [0, 0.05) is 37.1 Å². The molecule has 0 spiro atoms. The Morgan fingerprint density at radius 1 is 1.03 bits per heavy atom. The van der Waals surface area contributed by atoms with Gasteiger partial charge in [0.15, 0.2) is 17.5 Å². The minimum absolute atomic E-state index is 0. The van der Waals surface area contributed by atoms with Gasteiger partial charge in [0.2, 0.25) is 11.7 Å². The maximum atomic E-state index is 6.02. The SMILES string of the molecule is CN=C(NCCc1ccc(OC)c(OC)c1)NCCc1nc(-c2cccc(Cl)c2)no1.I. The van der Waals surface area contributed by atoms with Crippen LogP contribution in [0.25, 0.3) is 11.4 Å². The number of rotatable bonds is 9. The molecule has 0 saturated carbocycles. The zero-order chi connectivity index (χ0) is 22.1. The minimum atomic E-state index is 0. The van der Waals surface area contributed by atoms with Crippen LogP contribution in [0.2, 0.25) is 5.02 Å². The first-order chi connectivity index (χ1) is 15.1. The van der Waals surface area contributed by atoms with Crippen molar-refractivity contribution in [3.05, 3.63) is 58.9 Å². The molecule has 0 bridgehead atoms. The summed E-state index contributed by atoms with van der Waals surface area (Å²) in [6.07, 6.45) is 1.39. The van der Waals surface area contributed by atoms with Crippen LogP contribution in [0.5, 0.6) is 11.5 Å². The number of aromatic nitrogens is 2. The van der Waals surface area contributed by atoms with E-state index < -0.39 is 0 Å². The molecule has 1 aromatic heterocycles. The number of nitrogens with one attached hydrogen (secondary N) is 2. The number of nitrogens with zero attached hydrogens (tertiary/aromatic N) is 3. The third kappa shape index (κ3) is 7.27. The molecule has 0 unspecified atom stereocenters. The maximum Gasteiger partial charge on any atom is 0.228 e. The van der Waals surface area contributed by atoms with Crippen molar-refractivity contribution in [3.63, 3.8) is 0 Å². The van der Waals surface area contributed by atoms with Gasteiger partial charge >= 0.3 is 0 Å². The summed E-state index contributed by atoms with van der Waals surface area (Å²) in [6, 6.07) is 13.3. The number of benzene rings is 2. The average molecular weight is 572 g/mol. The molecule has 172 valence electrons. The van der Waals surface area contributed by atoms with Gasteiger partial charge in [-0.3, -0.25) is 4.99 Å². The Balaban J connectivity index is 0.00000363. The maximum absolute atomic E-state index is 6.02. The summed E-state index contributed by atoms with van der Waals surface area (Å²) in [4.78, 5) is 8.66. The Morgan fingerprint density at radius 3 is 2.47 bits per heavy atom. The van der Waals surface area contributed by atoms with Crippen molar-refractivity contribution in [3.8, 4) is 22.9 Å². The molecule has 0 aliphatic heterocycles. The second-order valence-corrected chi connectivity index (χ2v) is 7.07. The molecule has 8 nitrogen and oxygen atoms in total. The van der Waals surface area contributed by atoms with Crippen LogP contribution in [0, 0.1) is 0 Å². The van der Waals surface area contributed by atoms with Crippen LogP contribution in [-0.4, -0.2) is 50.5 Å². The molecule has 3 rings (SSSR count). The average Bonchev–Trinajstić information content (AvgIpc) is 3.27. The first-order valence-electron chi connectivity index (χ1n) is 9.87. The van der Waals surface area contributed by atoms with E-state index in [9.17, 15) is 0 Å². The molecular weight excluding hydrogens is 545 g/mol. The highest BCUT2D eigenvalue weighted by molar-refractivity contribution is 14.0. The van der Waals surface area contributed by atoms with Gasteiger partial charge in [-0.1, -0.05) is 35.0 Å². The van der Waals surface area contributed by atoms with E-state index in [0.717, 1.165) is 29.0 Å². The quantitative estimate of drug-likeness (QED) is 0.228. The Labute approximate surface area is 209 Å². The van der Waals surface area contributed by atoms with Crippen molar-refractivity contribution in [2.75, 3.05) is 34.4 Å². The lowest BCUT2D eigenvalue weighted by atomic mass is 10.1. The lowest BCUT2D eigenvalue weighted by Crippen LogP contribution is -2.39. The van der Waals surface area contributed by atoms with Crippen LogP contribution in [0.3, 0.4) is 0 Å². The number of methoxy groups -OCH3 is 2. The van der Waals surface area contributed by atoms with Gasteiger partial charge in [0.05, 0.1) is 14.2 Å². The molecule has 0 aliphatic carbocycles. The first-order valence-corrected chi connectivity index (χ1v) is 10.2. The summed E-state index contributed by atoms with van der Waals surface area (Å²) >= 11 is 6.02. The first kappa shape index (κ1) is 25.7. The molecule has 0 atom stereocenters. The van der Waals surface area contributed by atoms with E-state index in [4.69, 9.17) is 25.6 Å². The Kier molecular flexibility index (Phi) is 10.5. The van der Waals surface area contributed by atoms with Crippen molar-refractivity contribution >= 4 is 41.5 Å². The summed E-state index contributed by atoms with van der Waals surface area (Å²) in [6.45, 7) is 1.32. The molecule has 0 fully saturated rings. The van der Waals surface area contributed by atoms with E-state index in [1.807, 2.05) is 30.3 Å². The van der Waals surface area contributed by atoms with Crippen LogP contribution >= 0.6 is 35.6 Å². The number of hydrogen-bond donors (Lipinski definition) is 2. The fourth-order valence-electron chi connectivity index (χ4n) is 2.97. The normalized spacial score (nSPS) is 10.9. The Bertz CT molecular complexity index is 1030. The van der Waals surface area contributed by atoms with Gasteiger partial charge in [-0.25, -0.2) is 0 Å². The van der Waals surface area contributed by atoms with Crippen molar-refractivity contribution in [2.24, 2.45) is 4.99 Å². The largest absolute Gasteiger partial charge is 0.493 e. The van der Waals surface area contributed by atoms with E-state index in [1.165, 1.54) is 0 Å². The summed E-state index contributed by atoms with van der Waals surface area (Å²) < 4.78 is 15.9. The highest BCUT2D eigenvalue weighted by Gasteiger charge is 2.09. The van der Waals surface area contributed by atoms with E-state index in [2.05, 4.69) is 25.8 Å². The fourth-order valence-corrected chi connectivity index (χ4v) is 3.16. The Morgan fingerprint density at radius 2 is 1.78 bits per heavy atom. The molecule has 1 heterocycles. The highest BCUT2D eigenvalue weighted by Crippen LogP contribution is 2.27. The molecule has 3 aromatic rings. The van der Waals surface area contributed by atoms with E-state index in [-0.39, 0.29) is 24.0 Å². The number of halogens is 2. The van der Waals surface area contributed by atoms with Gasteiger partial charge in [-0.2, -0.15) is 4.98 Å². The van der Waals surface area contributed by atoms with Gasteiger partial charge in [0.1, 0.15) is 0 Å². The van der Waals surface area contributed by atoms with Crippen LogP contribution in [0.1, 0.15) is 11.5 Å². The predicted octanol–water partition coefficient (Wildman–Crippen LogP) is 3.98. The zero-order valence-corrected chi connectivity index (χ0v) is 21.3. The van der Waals surface area contributed by atoms with Crippen molar-refractivity contribution in [1.29, 1.82) is 0 Å². The molecule has 0 saturated heterocycles. The standard InChI is InChI=1S/C22H26ClN5O3.HI/c1-24-22(25-11-9-15-7-8-18(29-2)19(13-15)30-3)26-12-10-20-27-21(28-31-20)16-5-4-6-17(23)14-16;/h4-8,13-14H,9-12H2,1-3H3,(H2,24,25,26);1H. The molecule has 2 aromatic carbocycles. The van der Waals surface area contributed by atoms with Gasteiger partial charge in [-0.15, -0.1) is 24.0 Å². The minimum Gasteiger partial charge on any atom is -0.493 e. The third-order valence-electron chi connectivity index (χ3n) is 4.56. The van der Waals surface area contributed by atoms with Gasteiger partial charge < -0.3 is 24.6 Å². The monoisotopic (exact) mass is 571 g/mol. The topological polar surface area (TPSA) is 93.8 Å². The molecule has 0 amide bonds. The summed E-state index contributed by atoms with van der Waals surface area (Å²) in [5.74, 6) is 3.21. The van der Waals surface area contributed by atoms with Crippen molar-refractivity contribution in [2.45, 2.75) is 12.8 Å². The van der Waals surface area contributed by atoms with E-state index >= 15 is 0 Å². The van der Waals surface area contributed by atoms with Crippen LogP contribution < -0.4 is 20.1 Å². The number of hydrogen-bond acceptors (Lipinski definition) is 6. The van der Waals surface area contributed by atoms with E-state index in [1.54, 1.807) is 33.4 Å². The van der Waals surface area contributed by atoms with Crippen LogP contribution in [-0.2, 0) is 12.8 Å². The molecular formula is C22H27ClIN5O3. The van der Waals surface area contributed by atoms with Crippen molar-refractivity contribution < 1.29 is 14.0 Å². The molecule has 2 N–H and O–H groups in total. The summed E-state index contributed by atoms with van der Waals surface area (Å²) in [5.41, 5.74) is 1.96. The predicted molar refractivity (Wildman–Crippen MR) is 136 cm³/mol. The molecule has 0 aliphatic rings. The number of aliphatic imine (C=N–C) groups is 1. The summed E-state index contributed by atoms with van der Waals surface area (Å²) in [5, 5.41) is 11.2. The fraction of sp³-hybridized carbons (Fsp3) is 0.318. The zero-order valence-electron chi connectivity index (χ0n) is 18.2. The number of ether oxygens (including phenoxy) is 2. The molecule has 0 radical (unpaired) electrons. The van der Waals surface area contributed by atoms with Crippen molar-refractivity contribution in [1.82, 2.24) is 20.8 Å². The molecule has 32 heavy (non-hydrogen) atoms. The smallest absolute Gasteiger partial charge is 0.228 e. The van der Waals surface area contributed by atoms with Gasteiger partial charge in [0.25, 0.3) is 0 Å². The molecule has 10 heteroatoms. The van der Waals surface area contributed by atoms with Crippen LogP contribution in [0.4, 0.5) is 0 Å². The lowest BCUT2D eigenvalue weighted by Gasteiger charge is -2.12. The third-order valence-corrected chi connectivity index (χ3v) is 4.79. The van der Waals surface area contributed by atoms with E-state index in [0.29, 0.717) is 42.2 Å². The van der Waals surface area contributed by atoms with Gasteiger partial charge in [-0.05, 0) is 36.2 Å². The summed E-state index contributed by atoms with van der Waals surface area (Å²) in [7, 11) is 4.99. The van der Waals surface area contributed by atoms with Crippen LogP contribution in [0.15, 0.2) is 52.0 Å². The second kappa shape index (κ2) is 13.1. The second-order valence-electron chi connectivity index (χ2n) is 6.64. The number of guanidine groups is 1. The Hall–Kier alpha value is -2.53. The highest BCUT2D eigenvalue weighted by atomic mass is 127.